The van der Waals surface area contributed by atoms with E-state index >= 15 is 0 Å². The molecule has 2 heterocycles. The fraction of sp³-hybridized carbons (Fsp3) is 0.333. The number of benzene rings is 2. The number of nitrogens with zero attached hydrogens (tertiary/aromatic N) is 1. The van der Waals surface area contributed by atoms with Gasteiger partial charge in [-0.25, -0.2) is 0 Å². The Balaban J connectivity index is 1.62. The summed E-state index contributed by atoms with van der Waals surface area (Å²) in [6.45, 7) is 0.179. The number of aliphatic carboxylic acids is 1. The van der Waals surface area contributed by atoms with E-state index in [0.717, 1.165) is 12.3 Å². The molecule has 0 aromatic heterocycles. The number of carboxylic acids is 1. The fourth-order valence-electron chi connectivity index (χ4n) is 4.53. The van der Waals surface area contributed by atoms with Crippen molar-refractivity contribution in [2.24, 2.45) is 0 Å². The molecule has 1 saturated heterocycles. The van der Waals surface area contributed by atoms with E-state index in [9.17, 15) is 14.7 Å². The zero-order chi connectivity index (χ0) is 23.4. The van der Waals surface area contributed by atoms with E-state index in [-0.39, 0.29) is 18.2 Å². The van der Waals surface area contributed by atoms with Gasteiger partial charge in [0.2, 0.25) is 0 Å². The number of hydrogen-bond donors (Lipinski definition) is 2. The molecule has 2 N–H and O–H groups in total. The molecule has 0 spiro atoms. The molecule has 2 aliphatic rings. The molecule has 1 fully saturated rings. The minimum atomic E-state index is -1.80. The standard InChI is InChI=1S/C24H29N2O5PS/c1-30-13-19-16-33-23-24(31-2,22(29)26(23)20(19)21(27)28)25-32(14-17-9-5-3-6-10-17)15-18-11-7-4-8-12-18/h3-12,23,25H,13-16,32H2,1-2H3,(H,27,28)/t23-,24-/m0/s1. The first-order valence-corrected chi connectivity index (χ1v) is 14.1. The Morgan fingerprint density at radius 3 is 2.18 bits per heavy atom. The summed E-state index contributed by atoms with van der Waals surface area (Å²) in [5.74, 6) is -1.00. The molecule has 0 unspecified atom stereocenters. The van der Waals surface area contributed by atoms with Crippen molar-refractivity contribution in [1.82, 2.24) is 9.99 Å². The van der Waals surface area contributed by atoms with Gasteiger partial charge in [0.1, 0.15) is 0 Å². The molecule has 4 rings (SSSR count). The Bertz CT molecular complexity index is 994. The number of carbonyl (C=O) groups is 2. The van der Waals surface area contributed by atoms with Crippen molar-refractivity contribution in [1.29, 1.82) is 0 Å². The van der Waals surface area contributed by atoms with Crippen molar-refractivity contribution < 1.29 is 24.2 Å². The maximum absolute atomic E-state index is 13.5. The summed E-state index contributed by atoms with van der Waals surface area (Å²) in [5.41, 5.74) is 1.80. The molecule has 0 bridgehead atoms. The molecule has 33 heavy (non-hydrogen) atoms. The molecule has 2 aliphatic heterocycles. The summed E-state index contributed by atoms with van der Waals surface area (Å²) >= 11 is 1.51. The summed E-state index contributed by atoms with van der Waals surface area (Å²) in [4.78, 5) is 26.8. The number of ether oxygens (including phenoxy) is 2. The fourth-order valence-corrected chi connectivity index (χ4v) is 9.12. The Kier molecular flexibility index (Phi) is 7.51. The van der Waals surface area contributed by atoms with Crippen molar-refractivity contribution in [2.45, 2.75) is 23.4 Å². The van der Waals surface area contributed by atoms with Crippen LogP contribution in [0.25, 0.3) is 0 Å². The Hall–Kier alpha value is -2.22. The number of amides is 1. The third-order valence-electron chi connectivity index (χ3n) is 6.02. The van der Waals surface area contributed by atoms with Crippen LogP contribution in [0.4, 0.5) is 0 Å². The van der Waals surface area contributed by atoms with Crippen LogP contribution in [0, 0.1) is 0 Å². The van der Waals surface area contributed by atoms with Crippen LogP contribution in [0.1, 0.15) is 11.1 Å². The third-order valence-corrected chi connectivity index (χ3v) is 10.2. The van der Waals surface area contributed by atoms with Crippen LogP contribution in [0.2, 0.25) is 0 Å². The summed E-state index contributed by atoms with van der Waals surface area (Å²) in [5, 5.41) is 13.0. The van der Waals surface area contributed by atoms with Gasteiger partial charge in [-0.3, -0.25) is 0 Å². The number of thioether (sulfide) groups is 1. The van der Waals surface area contributed by atoms with Gasteiger partial charge in [-0.1, -0.05) is 0 Å². The first-order valence-electron chi connectivity index (χ1n) is 10.8. The van der Waals surface area contributed by atoms with Gasteiger partial charge in [0.05, 0.1) is 0 Å². The van der Waals surface area contributed by atoms with Gasteiger partial charge < -0.3 is 0 Å². The molecule has 0 aliphatic carbocycles. The quantitative estimate of drug-likeness (QED) is 0.302. The molecule has 2 aromatic carbocycles. The Morgan fingerprint density at radius 2 is 1.70 bits per heavy atom. The number of carboxylic acid groups (broad SMARTS) is 1. The summed E-state index contributed by atoms with van der Waals surface area (Å²) < 4.78 is 11.0. The second kappa shape index (κ2) is 10.4. The van der Waals surface area contributed by atoms with Crippen LogP contribution in [0.3, 0.4) is 0 Å². The number of β-lactam (4-membered cyclic amide) rings is 1. The predicted octanol–water partition coefficient (Wildman–Crippen LogP) is 3.08. The average Bonchev–Trinajstić information content (AvgIpc) is 2.83. The zero-order valence-electron chi connectivity index (χ0n) is 18.7. The normalized spacial score (nSPS) is 22.6. The maximum atomic E-state index is 13.5. The number of hydrogen-bond acceptors (Lipinski definition) is 6. The first-order chi connectivity index (χ1) is 16.0. The first kappa shape index (κ1) is 23.9. The second-order valence-electron chi connectivity index (χ2n) is 8.19. The van der Waals surface area contributed by atoms with E-state index in [1.165, 1.54) is 42.0 Å². The van der Waals surface area contributed by atoms with Crippen LogP contribution in [0.15, 0.2) is 71.9 Å². The molecule has 2 atom stereocenters. The summed E-state index contributed by atoms with van der Waals surface area (Å²) in [6.07, 6.45) is 1.67. The van der Waals surface area contributed by atoms with Gasteiger partial charge >= 0.3 is 199 Å². The van der Waals surface area contributed by atoms with Gasteiger partial charge in [0, 0.05) is 0 Å². The van der Waals surface area contributed by atoms with E-state index in [4.69, 9.17) is 9.47 Å². The molecule has 7 nitrogen and oxygen atoms in total. The van der Waals surface area contributed by atoms with E-state index in [1.807, 2.05) is 36.4 Å². The number of carbonyl (C=O) groups excluding carboxylic acids is 1. The molecule has 1 amide bonds. The third kappa shape index (κ3) is 4.72. The number of nitrogens with one attached hydrogen (secondary N) is 1. The molecular weight excluding hydrogens is 459 g/mol. The summed E-state index contributed by atoms with van der Waals surface area (Å²) in [6, 6.07) is 20.4. The van der Waals surface area contributed by atoms with Crippen molar-refractivity contribution in [3.05, 3.63) is 83.1 Å². The zero-order valence-corrected chi connectivity index (χ0v) is 20.7. The summed E-state index contributed by atoms with van der Waals surface area (Å²) in [7, 11) is 1.24. The molecule has 176 valence electrons. The second-order valence-corrected chi connectivity index (χ2v) is 11.8. The minimum absolute atomic E-state index is 0.0180. The Labute approximate surface area is 198 Å². The van der Waals surface area contributed by atoms with Crippen LogP contribution in [-0.2, 0) is 31.4 Å². The number of fused-ring (bicyclic) bond motifs is 1. The molecule has 0 radical (unpaired) electrons. The average molecular weight is 489 g/mol. The van der Waals surface area contributed by atoms with Gasteiger partial charge in [-0.05, 0) is 0 Å². The van der Waals surface area contributed by atoms with Crippen LogP contribution < -0.4 is 5.09 Å². The van der Waals surface area contributed by atoms with E-state index in [2.05, 4.69) is 29.4 Å². The van der Waals surface area contributed by atoms with Crippen molar-refractivity contribution >= 4 is 31.7 Å². The van der Waals surface area contributed by atoms with E-state index in [0.29, 0.717) is 11.3 Å². The van der Waals surface area contributed by atoms with Crippen LogP contribution in [-0.4, -0.2) is 59.6 Å². The predicted molar refractivity (Wildman–Crippen MR) is 133 cm³/mol. The monoisotopic (exact) mass is 488 g/mol. The van der Waals surface area contributed by atoms with Gasteiger partial charge in [0.15, 0.2) is 0 Å². The van der Waals surface area contributed by atoms with Crippen LogP contribution in [0.5, 0.6) is 0 Å². The van der Waals surface area contributed by atoms with Crippen LogP contribution >= 0.6 is 19.8 Å². The van der Waals surface area contributed by atoms with Crippen molar-refractivity contribution in [3.8, 4) is 0 Å². The van der Waals surface area contributed by atoms with Crippen molar-refractivity contribution in [2.75, 3.05) is 26.6 Å². The van der Waals surface area contributed by atoms with E-state index < -0.39 is 25.1 Å². The van der Waals surface area contributed by atoms with Gasteiger partial charge in [0.25, 0.3) is 0 Å². The topological polar surface area (TPSA) is 88.1 Å². The molecule has 2 aromatic rings. The number of rotatable bonds is 10. The van der Waals surface area contributed by atoms with E-state index in [1.54, 1.807) is 0 Å². The Morgan fingerprint density at radius 1 is 1.12 bits per heavy atom. The number of methoxy groups -OCH3 is 2. The van der Waals surface area contributed by atoms with Crippen molar-refractivity contribution in [3.63, 3.8) is 0 Å². The molecular formula is C24H29N2O5PS. The molecule has 0 saturated carbocycles. The molecule has 9 heteroatoms. The van der Waals surface area contributed by atoms with Gasteiger partial charge in [-0.2, -0.15) is 0 Å². The SMILES string of the molecule is COCC1=C(C(=O)O)N2C(=O)[C@](N[PH2](Cc3ccccc3)Cc3ccccc3)(OC)[C@@H]2SC1. The van der Waals surface area contributed by atoms with Gasteiger partial charge in [-0.15, -0.1) is 0 Å².